The van der Waals surface area contributed by atoms with E-state index >= 15 is 0 Å². The number of nitrogens with two attached hydrogens (primary N) is 1. The summed E-state index contributed by atoms with van der Waals surface area (Å²) in [5, 5.41) is 8.84. The van der Waals surface area contributed by atoms with Gasteiger partial charge in [-0.15, -0.1) is 0 Å². The number of hydrogen-bond donors (Lipinski definition) is 2. The first kappa shape index (κ1) is 16.4. The van der Waals surface area contributed by atoms with Gasteiger partial charge < -0.3 is 20.3 Å². The molecule has 1 heterocycles. The van der Waals surface area contributed by atoms with Gasteiger partial charge in [0.15, 0.2) is 0 Å². The van der Waals surface area contributed by atoms with E-state index in [2.05, 4.69) is 6.08 Å². The number of methoxy groups -OCH3 is 1. The number of ether oxygens (including phenoxy) is 2. The minimum atomic E-state index is -0.799. The lowest BCUT2D eigenvalue weighted by molar-refractivity contribution is -0.136. The monoisotopic (exact) mass is 331 g/mol. The smallest absolute Gasteiger partial charge is 0.341 e. The van der Waals surface area contributed by atoms with Gasteiger partial charge in [0.05, 0.1) is 18.4 Å². The van der Waals surface area contributed by atoms with Crippen molar-refractivity contribution in [2.75, 3.05) is 12.8 Å². The molecule has 1 aliphatic carbocycles. The number of fused-ring (bicyclic) bond motifs is 1. The molecule has 0 saturated heterocycles. The van der Waals surface area contributed by atoms with Crippen LogP contribution in [-0.4, -0.2) is 24.2 Å². The van der Waals surface area contributed by atoms with Gasteiger partial charge in [-0.1, -0.05) is 11.6 Å². The van der Waals surface area contributed by atoms with Crippen LogP contribution in [0.5, 0.6) is 5.75 Å². The molecule has 3 N–H and O–H groups in total. The number of anilines is 1. The second-order valence-corrected chi connectivity index (χ2v) is 6.28. The fourth-order valence-electron chi connectivity index (χ4n) is 3.70. The standard InChI is InChI=1S/C18H21NO5/c1-9-12-8-24-18(22)15(12)16(19)14(17(9)23-2)11-5-3-10(7-11)4-6-13(20)21/h7,11H,3-6,8,19H2,1-2H3,(H,20,21). The molecule has 2 aliphatic rings. The molecule has 0 saturated carbocycles. The Morgan fingerprint density at radius 3 is 2.92 bits per heavy atom. The summed E-state index contributed by atoms with van der Waals surface area (Å²) in [7, 11) is 1.60. The molecule has 0 amide bonds. The molecular formula is C18H21NO5. The molecule has 0 aromatic heterocycles. The molecule has 6 heteroatoms. The van der Waals surface area contributed by atoms with Crippen LogP contribution in [0.4, 0.5) is 5.69 Å². The number of carboxylic acid groups (broad SMARTS) is 1. The summed E-state index contributed by atoms with van der Waals surface area (Å²) in [5.41, 5.74) is 10.8. The molecule has 1 unspecified atom stereocenters. The number of benzene rings is 1. The molecule has 1 aromatic carbocycles. The molecule has 24 heavy (non-hydrogen) atoms. The van der Waals surface area contributed by atoms with Crippen LogP contribution in [-0.2, 0) is 16.1 Å². The van der Waals surface area contributed by atoms with Crippen LogP contribution in [0.15, 0.2) is 11.6 Å². The summed E-state index contributed by atoms with van der Waals surface area (Å²) in [6, 6.07) is 0. The normalized spacial score (nSPS) is 19.0. The molecule has 1 aromatic rings. The summed E-state index contributed by atoms with van der Waals surface area (Å²) < 4.78 is 10.7. The van der Waals surface area contributed by atoms with Crippen molar-refractivity contribution in [1.29, 1.82) is 0 Å². The summed E-state index contributed by atoms with van der Waals surface area (Å²) >= 11 is 0. The number of nitrogen functional groups attached to an aromatic ring is 1. The summed E-state index contributed by atoms with van der Waals surface area (Å²) in [5.74, 6) is -0.457. The van der Waals surface area contributed by atoms with Crippen molar-refractivity contribution in [3.63, 3.8) is 0 Å². The zero-order chi connectivity index (χ0) is 17.4. The van der Waals surface area contributed by atoms with Crippen molar-refractivity contribution in [3.8, 4) is 5.75 Å². The first-order valence-corrected chi connectivity index (χ1v) is 8.01. The Balaban J connectivity index is 2.02. The molecule has 1 aliphatic heterocycles. The Morgan fingerprint density at radius 2 is 2.25 bits per heavy atom. The molecule has 0 fully saturated rings. The number of allylic oxidation sites excluding steroid dienone is 2. The zero-order valence-corrected chi connectivity index (χ0v) is 13.8. The first-order chi connectivity index (χ1) is 11.4. The van der Waals surface area contributed by atoms with Crippen molar-refractivity contribution < 1.29 is 24.2 Å². The van der Waals surface area contributed by atoms with Crippen LogP contribution < -0.4 is 10.5 Å². The van der Waals surface area contributed by atoms with E-state index < -0.39 is 5.97 Å². The van der Waals surface area contributed by atoms with Crippen molar-refractivity contribution in [2.24, 2.45) is 0 Å². The Morgan fingerprint density at radius 1 is 1.50 bits per heavy atom. The van der Waals surface area contributed by atoms with Gasteiger partial charge in [-0.2, -0.15) is 0 Å². The number of carboxylic acids is 1. The molecule has 128 valence electrons. The quantitative estimate of drug-likeness (QED) is 0.489. The van der Waals surface area contributed by atoms with Crippen LogP contribution in [0.1, 0.15) is 58.6 Å². The Bertz CT molecular complexity index is 751. The topological polar surface area (TPSA) is 98.9 Å². The lowest BCUT2D eigenvalue weighted by Crippen LogP contribution is -2.10. The Kier molecular flexibility index (Phi) is 4.22. The second kappa shape index (κ2) is 6.19. The van der Waals surface area contributed by atoms with Gasteiger partial charge in [0.25, 0.3) is 0 Å². The number of aliphatic carboxylic acids is 1. The molecule has 0 radical (unpaired) electrons. The third kappa shape index (κ3) is 2.62. The highest BCUT2D eigenvalue weighted by atomic mass is 16.5. The van der Waals surface area contributed by atoms with Gasteiger partial charge in [0.2, 0.25) is 0 Å². The van der Waals surface area contributed by atoms with Crippen LogP contribution in [0.3, 0.4) is 0 Å². The number of carbonyl (C=O) groups excluding carboxylic acids is 1. The van der Waals surface area contributed by atoms with Crippen LogP contribution in [0, 0.1) is 6.92 Å². The second-order valence-electron chi connectivity index (χ2n) is 6.28. The molecular weight excluding hydrogens is 310 g/mol. The maximum absolute atomic E-state index is 12.0. The van der Waals surface area contributed by atoms with Crippen LogP contribution in [0.2, 0.25) is 0 Å². The van der Waals surface area contributed by atoms with Gasteiger partial charge >= 0.3 is 11.9 Å². The first-order valence-electron chi connectivity index (χ1n) is 8.01. The third-order valence-corrected chi connectivity index (χ3v) is 4.90. The van der Waals surface area contributed by atoms with E-state index in [-0.39, 0.29) is 24.9 Å². The van der Waals surface area contributed by atoms with Crippen LogP contribution in [0.25, 0.3) is 0 Å². The van der Waals surface area contributed by atoms with E-state index in [1.165, 1.54) is 0 Å². The maximum atomic E-state index is 12.0. The zero-order valence-electron chi connectivity index (χ0n) is 13.8. The van der Waals surface area contributed by atoms with Crippen molar-refractivity contribution in [1.82, 2.24) is 0 Å². The third-order valence-electron chi connectivity index (χ3n) is 4.90. The number of cyclic esters (lactones) is 1. The largest absolute Gasteiger partial charge is 0.496 e. The van der Waals surface area contributed by atoms with Crippen molar-refractivity contribution in [2.45, 2.75) is 45.1 Å². The SMILES string of the molecule is COc1c(C)c2c(c(N)c1C1C=C(CCC(=O)O)CC1)C(=O)OC2. The van der Waals surface area contributed by atoms with Gasteiger partial charge in [0, 0.05) is 23.5 Å². The van der Waals surface area contributed by atoms with E-state index in [0.29, 0.717) is 23.4 Å². The lowest BCUT2D eigenvalue weighted by Gasteiger charge is -2.20. The Labute approximate surface area is 140 Å². The lowest BCUT2D eigenvalue weighted by atomic mass is 9.88. The molecule has 0 spiro atoms. The highest BCUT2D eigenvalue weighted by molar-refractivity contribution is 6.01. The minimum absolute atomic E-state index is 0.0288. The fraction of sp³-hybridized carbons (Fsp3) is 0.444. The average Bonchev–Trinajstić information content (AvgIpc) is 3.15. The predicted octanol–water partition coefficient (Wildman–Crippen LogP) is 2.92. The van der Waals surface area contributed by atoms with Gasteiger partial charge in [-0.25, -0.2) is 4.79 Å². The number of hydrogen-bond acceptors (Lipinski definition) is 5. The highest BCUT2D eigenvalue weighted by Gasteiger charge is 2.34. The summed E-state index contributed by atoms with van der Waals surface area (Å²) in [6.45, 7) is 2.14. The maximum Gasteiger partial charge on any atom is 0.341 e. The van der Waals surface area contributed by atoms with E-state index in [0.717, 1.165) is 35.1 Å². The molecule has 3 rings (SSSR count). The highest BCUT2D eigenvalue weighted by Crippen LogP contribution is 2.47. The van der Waals surface area contributed by atoms with E-state index in [9.17, 15) is 9.59 Å². The average molecular weight is 331 g/mol. The number of rotatable bonds is 5. The number of carbonyl (C=O) groups is 2. The minimum Gasteiger partial charge on any atom is -0.496 e. The van der Waals surface area contributed by atoms with Gasteiger partial charge in [0.1, 0.15) is 12.4 Å². The van der Waals surface area contributed by atoms with Crippen molar-refractivity contribution in [3.05, 3.63) is 33.9 Å². The Hall–Kier alpha value is -2.50. The van der Waals surface area contributed by atoms with Gasteiger partial charge in [-0.05, 0) is 31.7 Å². The summed E-state index contributed by atoms with van der Waals surface area (Å²) in [6.07, 6.45) is 4.41. The molecule has 0 bridgehead atoms. The van der Waals surface area contributed by atoms with E-state index in [1.807, 2.05) is 6.92 Å². The van der Waals surface area contributed by atoms with Gasteiger partial charge in [-0.3, -0.25) is 4.79 Å². The van der Waals surface area contributed by atoms with E-state index in [1.54, 1.807) is 7.11 Å². The summed E-state index contributed by atoms with van der Waals surface area (Å²) in [4.78, 5) is 22.8. The molecule has 6 nitrogen and oxygen atoms in total. The van der Waals surface area contributed by atoms with Crippen LogP contribution >= 0.6 is 0 Å². The predicted molar refractivity (Wildman–Crippen MR) is 88.2 cm³/mol. The van der Waals surface area contributed by atoms with Crippen molar-refractivity contribution >= 4 is 17.6 Å². The van der Waals surface area contributed by atoms with E-state index in [4.69, 9.17) is 20.3 Å². The number of esters is 1. The fourth-order valence-corrected chi connectivity index (χ4v) is 3.70. The molecule has 1 atom stereocenters.